The third kappa shape index (κ3) is 2.11. The highest BCUT2D eigenvalue weighted by molar-refractivity contribution is 7.10. The van der Waals surface area contributed by atoms with E-state index in [0.717, 1.165) is 11.3 Å². The van der Waals surface area contributed by atoms with Gasteiger partial charge in [-0.25, -0.2) is 9.78 Å². The SMILES string of the molecule is O=C(O)c1csc(C2(O)CCC3(CC2)C(=O)CCC3=O)n1. The topological polar surface area (TPSA) is 105 Å². The lowest BCUT2D eigenvalue weighted by molar-refractivity contribution is -0.141. The number of ketones is 2. The van der Waals surface area contributed by atoms with Crippen molar-refractivity contribution in [1.82, 2.24) is 4.98 Å². The average molecular weight is 309 g/mol. The summed E-state index contributed by atoms with van der Waals surface area (Å²) in [5.74, 6) is -1.16. The lowest BCUT2D eigenvalue weighted by Crippen LogP contribution is -2.42. The first-order valence-electron chi connectivity index (χ1n) is 6.86. The van der Waals surface area contributed by atoms with Crippen LogP contribution in [0.1, 0.15) is 54.0 Å². The average Bonchev–Trinajstić information content (AvgIpc) is 3.04. The van der Waals surface area contributed by atoms with Crippen molar-refractivity contribution in [2.24, 2.45) is 5.41 Å². The smallest absolute Gasteiger partial charge is 0.355 e. The lowest BCUT2D eigenvalue weighted by Gasteiger charge is -2.39. The first-order chi connectivity index (χ1) is 9.87. The molecule has 2 N–H and O–H groups in total. The maximum Gasteiger partial charge on any atom is 0.355 e. The zero-order chi connectivity index (χ0) is 15.3. The van der Waals surface area contributed by atoms with Crippen molar-refractivity contribution in [1.29, 1.82) is 0 Å². The first-order valence-corrected chi connectivity index (χ1v) is 7.74. The molecule has 0 aromatic carbocycles. The van der Waals surface area contributed by atoms with Gasteiger partial charge >= 0.3 is 5.97 Å². The minimum absolute atomic E-state index is 0.0140. The Morgan fingerprint density at radius 3 is 2.19 bits per heavy atom. The fourth-order valence-electron chi connectivity index (χ4n) is 3.31. The summed E-state index contributed by atoms with van der Waals surface area (Å²) in [5, 5.41) is 21.3. The number of aliphatic hydroxyl groups is 1. The first kappa shape index (κ1) is 14.3. The molecule has 7 heteroatoms. The van der Waals surface area contributed by atoms with Gasteiger partial charge in [0, 0.05) is 18.2 Å². The Balaban J connectivity index is 1.82. The predicted octanol–water partition coefficient (Wildman–Crippen LogP) is 1.52. The molecule has 6 nitrogen and oxygen atoms in total. The molecule has 2 saturated carbocycles. The van der Waals surface area contributed by atoms with E-state index in [4.69, 9.17) is 5.11 Å². The molecule has 21 heavy (non-hydrogen) atoms. The molecule has 112 valence electrons. The number of rotatable bonds is 2. The standard InChI is InChI=1S/C14H15NO5S/c16-9-1-2-10(17)13(9)3-5-14(20,6-4-13)12-15-8(7-21-12)11(18)19/h7,20H,1-6H2,(H,18,19). The molecule has 1 aromatic rings. The van der Waals surface area contributed by atoms with E-state index >= 15 is 0 Å². The van der Waals surface area contributed by atoms with Gasteiger partial charge in [-0.2, -0.15) is 0 Å². The molecule has 0 atom stereocenters. The fourth-order valence-corrected chi connectivity index (χ4v) is 4.26. The molecule has 3 rings (SSSR count). The number of aromatic carboxylic acids is 1. The summed E-state index contributed by atoms with van der Waals surface area (Å²) in [6.45, 7) is 0. The second kappa shape index (κ2) is 4.71. The van der Waals surface area contributed by atoms with Crippen molar-refractivity contribution >= 4 is 28.9 Å². The molecule has 1 spiro atoms. The number of carbonyl (C=O) groups excluding carboxylic acids is 2. The van der Waals surface area contributed by atoms with Crippen LogP contribution in [-0.2, 0) is 15.2 Å². The number of hydrogen-bond donors (Lipinski definition) is 2. The van der Waals surface area contributed by atoms with Gasteiger partial charge in [0.2, 0.25) is 0 Å². The summed E-state index contributed by atoms with van der Waals surface area (Å²) in [6, 6.07) is 0. The maximum absolute atomic E-state index is 12.0. The van der Waals surface area contributed by atoms with E-state index < -0.39 is 17.0 Å². The Bertz CT molecular complexity index is 609. The number of carbonyl (C=O) groups is 3. The Morgan fingerprint density at radius 2 is 1.71 bits per heavy atom. The summed E-state index contributed by atoms with van der Waals surface area (Å²) in [5.41, 5.74) is -2.22. The largest absolute Gasteiger partial charge is 0.476 e. The third-order valence-corrected chi connectivity index (χ3v) is 5.73. The molecule has 2 aliphatic rings. The van der Waals surface area contributed by atoms with E-state index in [-0.39, 0.29) is 30.1 Å². The van der Waals surface area contributed by atoms with Crippen molar-refractivity contribution in [2.45, 2.75) is 44.1 Å². The molecule has 0 aliphatic heterocycles. The van der Waals surface area contributed by atoms with Crippen LogP contribution in [0.3, 0.4) is 0 Å². The summed E-state index contributed by atoms with van der Waals surface area (Å²) in [6.07, 6.45) is 1.77. The van der Waals surface area contributed by atoms with Crippen molar-refractivity contribution in [3.05, 3.63) is 16.1 Å². The third-order valence-electron chi connectivity index (χ3n) is 4.70. The van der Waals surface area contributed by atoms with Crippen molar-refractivity contribution in [3.8, 4) is 0 Å². The fraction of sp³-hybridized carbons (Fsp3) is 0.571. The highest BCUT2D eigenvalue weighted by atomic mass is 32.1. The summed E-state index contributed by atoms with van der Waals surface area (Å²) < 4.78 is 0. The van der Waals surface area contributed by atoms with Crippen LogP contribution in [0.25, 0.3) is 0 Å². The molecule has 2 fully saturated rings. The van der Waals surface area contributed by atoms with E-state index in [9.17, 15) is 19.5 Å². The monoisotopic (exact) mass is 309 g/mol. The van der Waals surface area contributed by atoms with E-state index in [1.54, 1.807) is 0 Å². The van der Waals surface area contributed by atoms with Crippen LogP contribution in [0.2, 0.25) is 0 Å². The maximum atomic E-state index is 12.0. The number of nitrogens with zero attached hydrogens (tertiary/aromatic N) is 1. The van der Waals surface area contributed by atoms with E-state index in [0.29, 0.717) is 30.7 Å². The zero-order valence-electron chi connectivity index (χ0n) is 11.3. The normalized spacial score (nSPS) is 23.7. The lowest BCUT2D eigenvalue weighted by atomic mass is 9.67. The van der Waals surface area contributed by atoms with Crippen LogP contribution >= 0.6 is 11.3 Å². The quantitative estimate of drug-likeness (QED) is 0.803. The van der Waals surface area contributed by atoms with E-state index in [1.165, 1.54) is 5.38 Å². The molecule has 0 amide bonds. The Kier molecular flexibility index (Phi) is 3.22. The van der Waals surface area contributed by atoms with Gasteiger partial charge in [0.1, 0.15) is 22.2 Å². The number of thiazole rings is 1. The second-order valence-corrected chi connectivity index (χ2v) is 6.66. The van der Waals surface area contributed by atoms with Crippen LogP contribution < -0.4 is 0 Å². The van der Waals surface area contributed by atoms with Crippen LogP contribution in [0.5, 0.6) is 0 Å². The highest BCUT2D eigenvalue weighted by Crippen LogP contribution is 2.50. The van der Waals surface area contributed by atoms with Crippen molar-refractivity contribution < 1.29 is 24.6 Å². The number of Topliss-reactive ketones (excluding diaryl/α,β-unsaturated/α-hetero) is 2. The summed E-state index contributed by atoms with van der Waals surface area (Å²) >= 11 is 1.10. The second-order valence-electron chi connectivity index (χ2n) is 5.80. The minimum Gasteiger partial charge on any atom is -0.476 e. The molecule has 0 radical (unpaired) electrons. The highest BCUT2D eigenvalue weighted by Gasteiger charge is 2.54. The molecule has 0 bridgehead atoms. The molecule has 1 aromatic heterocycles. The van der Waals surface area contributed by atoms with Gasteiger partial charge in [-0.1, -0.05) is 0 Å². The van der Waals surface area contributed by atoms with Crippen LogP contribution in [-0.4, -0.2) is 32.7 Å². The van der Waals surface area contributed by atoms with Crippen LogP contribution in [0, 0.1) is 5.41 Å². The number of aromatic nitrogens is 1. The summed E-state index contributed by atoms with van der Waals surface area (Å²) in [7, 11) is 0. The number of carboxylic acid groups (broad SMARTS) is 1. The van der Waals surface area contributed by atoms with Crippen molar-refractivity contribution in [2.75, 3.05) is 0 Å². The minimum atomic E-state index is -1.23. The van der Waals surface area contributed by atoms with E-state index in [1.807, 2.05) is 0 Å². The Morgan fingerprint density at radius 1 is 1.14 bits per heavy atom. The molecule has 2 aliphatic carbocycles. The van der Waals surface area contributed by atoms with Gasteiger partial charge < -0.3 is 10.2 Å². The van der Waals surface area contributed by atoms with Gasteiger partial charge in [-0.3, -0.25) is 9.59 Å². The zero-order valence-corrected chi connectivity index (χ0v) is 12.1. The van der Waals surface area contributed by atoms with Crippen LogP contribution in [0.4, 0.5) is 0 Å². The van der Waals surface area contributed by atoms with Gasteiger partial charge in [0.05, 0.1) is 5.41 Å². The molecular weight excluding hydrogens is 294 g/mol. The van der Waals surface area contributed by atoms with Gasteiger partial charge in [-0.05, 0) is 25.7 Å². The van der Waals surface area contributed by atoms with E-state index in [2.05, 4.69) is 4.98 Å². The Labute approximate surface area is 124 Å². The van der Waals surface area contributed by atoms with Gasteiger partial charge in [0.25, 0.3) is 0 Å². The van der Waals surface area contributed by atoms with Gasteiger partial charge in [0.15, 0.2) is 5.69 Å². The predicted molar refractivity (Wildman–Crippen MR) is 73.1 cm³/mol. The number of carboxylic acids is 1. The molecular formula is C14H15NO5S. The molecule has 0 unspecified atom stereocenters. The summed E-state index contributed by atoms with van der Waals surface area (Å²) in [4.78, 5) is 38.8. The van der Waals surface area contributed by atoms with Crippen LogP contribution in [0.15, 0.2) is 5.38 Å². The van der Waals surface area contributed by atoms with Gasteiger partial charge in [-0.15, -0.1) is 11.3 Å². The molecule has 0 saturated heterocycles. The number of hydrogen-bond acceptors (Lipinski definition) is 6. The Hall–Kier alpha value is -1.60. The van der Waals surface area contributed by atoms with Crippen molar-refractivity contribution in [3.63, 3.8) is 0 Å². The molecule has 1 heterocycles.